The Kier molecular flexibility index (Phi) is 1.89. The minimum absolute atomic E-state index is 0.258. The molecule has 1 aliphatic rings. The molecule has 64 valence electrons. The Labute approximate surface area is 70.6 Å². The van der Waals surface area contributed by atoms with Crippen LogP contribution in [-0.2, 0) is 4.79 Å². The van der Waals surface area contributed by atoms with Crippen LogP contribution in [-0.4, -0.2) is 20.8 Å². The number of nitrogens with zero attached hydrogens (tertiary/aromatic N) is 3. The lowest BCUT2D eigenvalue weighted by Crippen LogP contribution is -2.19. The fourth-order valence-corrected chi connectivity index (χ4v) is 1.64. The Bertz CT molecular complexity index is 268. The van der Waals surface area contributed by atoms with Crippen molar-refractivity contribution >= 4 is 5.78 Å². The maximum absolute atomic E-state index is 11.1. The van der Waals surface area contributed by atoms with Crippen molar-refractivity contribution in [1.29, 1.82) is 0 Å². The van der Waals surface area contributed by atoms with Crippen LogP contribution in [0.3, 0.4) is 0 Å². The highest BCUT2D eigenvalue weighted by Crippen LogP contribution is 2.24. The Morgan fingerprint density at radius 3 is 3.17 bits per heavy atom. The maximum atomic E-state index is 11.1. The first-order valence-electron chi connectivity index (χ1n) is 4.24. The van der Waals surface area contributed by atoms with Crippen molar-refractivity contribution in [1.82, 2.24) is 15.0 Å². The van der Waals surface area contributed by atoms with Gasteiger partial charge in [0, 0.05) is 19.0 Å². The van der Waals surface area contributed by atoms with E-state index in [4.69, 9.17) is 0 Å². The van der Waals surface area contributed by atoms with Gasteiger partial charge in [0.2, 0.25) is 0 Å². The molecule has 0 amide bonds. The molecule has 12 heavy (non-hydrogen) atoms. The Balaban J connectivity index is 2.09. The number of ketones is 1. The molecule has 1 aromatic rings. The number of hydrogen-bond donors (Lipinski definition) is 0. The van der Waals surface area contributed by atoms with Crippen molar-refractivity contribution < 1.29 is 4.79 Å². The third kappa shape index (κ3) is 1.37. The molecule has 1 unspecified atom stereocenters. The van der Waals surface area contributed by atoms with E-state index in [0.717, 1.165) is 19.3 Å². The van der Waals surface area contributed by atoms with Crippen molar-refractivity contribution in [2.45, 2.75) is 31.7 Å². The topological polar surface area (TPSA) is 47.8 Å². The summed E-state index contributed by atoms with van der Waals surface area (Å²) in [5.41, 5.74) is 0. The fraction of sp³-hybridized carbons (Fsp3) is 0.625. The van der Waals surface area contributed by atoms with Crippen LogP contribution in [0.25, 0.3) is 0 Å². The molecule has 1 heterocycles. The Hall–Kier alpha value is -1.19. The van der Waals surface area contributed by atoms with E-state index < -0.39 is 0 Å². The van der Waals surface area contributed by atoms with Gasteiger partial charge in [-0.3, -0.25) is 4.79 Å². The number of hydrogen-bond acceptors (Lipinski definition) is 3. The average molecular weight is 165 g/mol. The summed E-state index contributed by atoms with van der Waals surface area (Å²) in [6, 6.07) is 0.258. The van der Waals surface area contributed by atoms with Gasteiger partial charge in [-0.25, -0.2) is 4.68 Å². The molecule has 1 atom stereocenters. The third-order valence-electron chi connectivity index (χ3n) is 2.27. The SMILES string of the molecule is O=C1CCCC(n2ccnn2)C1. The van der Waals surface area contributed by atoms with Gasteiger partial charge >= 0.3 is 0 Å². The zero-order valence-corrected chi connectivity index (χ0v) is 6.81. The summed E-state index contributed by atoms with van der Waals surface area (Å²) in [6.45, 7) is 0. The predicted octanol–water partition coefficient (Wildman–Crippen LogP) is 0.962. The number of Topliss-reactive ketones (excluding diaryl/α,β-unsaturated/α-hetero) is 1. The van der Waals surface area contributed by atoms with E-state index >= 15 is 0 Å². The van der Waals surface area contributed by atoms with Crippen LogP contribution in [0, 0.1) is 0 Å². The molecule has 1 aliphatic carbocycles. The number of rotatable bonds is 1. The van der Waals surface area contributed by atoms with Crippen molar-refractivity contribution in [2.24, 2.45) is 0 Å². The molecule has 4 nitrogen and oxygen atoms in total. The van der Waals surface area contributed by atoms with E-state index in [9.17, 15) is 4.79 Å². The molecule has 0 bridgehead atoms. The van der Waals surface area contributed by atoms with Crippen molar-refractivity contribution in [3.05, 3.63) is 12.4 Å². The summed E-state index contributed by atoms with van der Waals surface area (Å²) in [4.78, 5) is 11.1. The lowest BCUT2D eigenvalue weighted by molar-refractivity contribution is -0.121. The van der Waals surface area contributed by atoms with Gasteiger partial charge in [0.15, 0.2) is 0 Å². The average Bonchev–Trinajstić information content (AvgIpc) is 2.56. The lowest BCUT2D eigenvalue weighted by Gasteiger charge is -2.20. The highest BCUT2D eigenvalue weighted by atomic mass is 16.1. The third-order valence-corrected chi connectivity index (χ3v) is 2.27. The van der Waals surface area contributed by atoms with E-state index in [2.05, 4.69) is 10.3 Å². The number of carbonyl (C=O) groups is 1. The molecule has 0 saturated heterocycles. The van der Waals surface area contributed by atoms with E-state index in [1.54, 1.807) is 10.9 Å². The second-order valence-electron chi connectivity index (χ2n) is 3.17. The first kappa shape index (κ1) is 7.46. The second kappa shape index (κ2) is 3.05. The number of aromatic nitrogens is 3. The van der Waals surface area contributed by atoms with Crippen LogP contribution in [0.15, 0.2) is 12.4 Å². The minimum Gasteiger partial charge on any atom is -0.300 e. The van der Waals surface area contributed by atoms with Crippen molar-refractivity contribution in [2.75, 3.05) is 0 Å². The first-order valence-corrected chi connectivity index (χ1v) is 4.24. The monoisotopic (exact) mass is 165 g/mol. The van der Waals surface area contributed by atoms with Gasteiger partial charge in [0.1, 0.15) is 5.78 Å². The van der Waals surface area contributed by atoms with Gasteiger partial charge < -0.3 is 0 Å². The van der Waals surface area contributed by atoms with Crippen LogP contribution in [0.2, 0.25) is 0 Å². The molecule has 0 aliphatic heterocycles. The Morgan fingerprint density at radius 1 is 1.58 bits per heavy atom. The largest absolute Gasteiger partial charge is 0.300 e. The molecular weight excluding hydrogens is 154 g/mol. The van der Waals surface area contributed by atoms with E-state index in [1.807, 2.05) is 6.20 Å². The molecular formula is C8H11N3O. The highest BCUT2D eigenvalue weighted by molar-refractivity contribution is 5.79. The maximum Gasteiger partial charge on any atom is 0.135 e. The van der Waals surface area contributed by atoms with Crippen LogP contribution in [0.5, 0.6) is 0 Å². The fourth-order valence-electron chi connectivity index (χ4n) is 1.64. The summed E-state index contributed by atoms with van der Waals surface area (Å²) in [7, 11) is 0. The molecule has 1 saturated carbocycles. The van der Waals surface area contributed by atoms with Gasteiger partial charge in [0.25, 0.3) is 0 Å². The molecule has 1 aromatic heterocycles. The van der Waals surface area contributed by atoms with E-state index in [0.29, 0.717) is 12.2 Å². The molecule has 0 spiro atoms. The smallest absolute Gasteiger partial charge is 0.135 e. The normalized spacial score (nSPS) is 24.3. The molecule has 0 aromatic carbocycles. The van der Waals surface area contributed by atoms with Gasteiger partial charge in [-0.1, -0.05) is 5.21 Å². The highest BCUT2D eigenvalue weighted by Gasteiger charge is 2.20. The molecule has 1 fully saturated rings. The lowest BCUT2D eigenvalue weighted by atomic mass is 9.94. The van der Waals surface area contributed by atoms with Crippen LogP contribution < -0.4 is 0 Å². The molecule has 2 rings (SSSR count). The zero-order valence-electron chi connectivity index (χ0n) is 6.81. The van der Waals surface area contributed by atoms with Crippen LogP contribution in [0.4, 0.5) is 0 Å². The zero-order chi connectivity index (χ0) is 8.39. The van der Waals surface area contributed by atoms with Crippen LogP contribution in [0.1, 0.15) is 31.7 Å². The van der Waals surface area contributed by atoms with Gasteiger partial charge in [0.05, 0.1) is 12.2 Å². The van der Waals surface area contributed by atoms with E-state index in [1.165, 1.54) is 0 Å². The summed E-state index contributed by atoms with van der Waals surface area (Å²) < 4.78 is 1.79. The molecule has 4 heteroatoms. The Morgan fingerprint density at radius 2 is 2.50 bits per heavy atom. The van der Waals surface area contributed by atoms with Crippen LogP contribution >= 0.6 is 0 Å². The first-order chi connectivity index (χ1) is 5.86. The van der Waals surface area contributed by atoms with Crippen molar-refractivity contribution in [3.63, 3.8) is 0 Å². The minimum atomic E-state index is 0.258. The quantitative estimate of drug-likeness (QED) is 0.622. The number of carbonyl (C=O) groups excluding carboxylic acids is 1. The van der Waals surface area contributed by atoms with Crippen molar-refractivity contribution in [3.8, 4) is 0 Å². The molecule has 0 radical (unpaired) electrons. The van der Waals surface area contributed by atoms with Gasteiger partial charge in [-0.05, 0) is 12.8 Å². The summed E-state index contributed by atoms with van der Waals surface area (Å²) in [5.74, 6) is 0.349. The van der Waals surface area contributed by atoms with Gasteiger partial charge in [-0.15, -0.1) is 5.10 Å². The standard InChI is InChI=1S/C8H11N3O/c12-8-3-1-2-7(6-8)11-5-4-9-10-11/h4-5,7H,1-3,6H2. The van der Waals surface area contributed by atoms with Gasteiger partial charge in [-0.2, -0.15) is 0 Å². The molecule has 0 N–H and O–H groups in total. The summed E-state index contributed by atoms with van der Waals surface area (Å²) >= 11 is 0. The summed E-state index contributed by atoms with van der Waals surface area (Å²) in [5, 5.41) is 7.61. The predicted molar refractivity (Wildman–Crippen MR) is 42.5 cm³/mol. The summed E-state index contributed by atoms with van der Waals surface area (Å²) in [6.07, 6.45) is 6.88. The second-order valence-corrected chi connectivity index (χ2v) is 3.17. The van der Waals surface area contributed by atoms with E-state index in [-0.39, 0.29) is 6.04 Å².